The van der Waals surface area contributed by atoms with E-state index in [9.17, 15) is 9.59 Å². The first-order chi connectivity index (χ1) is 14.5. The third-order valence-electron chi connectivity index (χ3n) is 5.45. The number of aromatic nitrogens is 3. The van der Waals surface area contributed by atoms with Crippen LogP contribution in [0.2, 0.25) is 0 Å². The molecule has 0 radical (unpaired) electrons. The molecule has 1 N–H and O–H groups in total. The van der Waals surface area contributed by atoms with Crippen LogP contribution < -0.4 is 5.32 Å². The van der Waals surface area contributed by atoms with E-state index in [0.717, 1.165) is 30.4 Å². The van der Waals surface area contributed by atoms with Crippen LogP contribution in [0, 0.1) is 11.8 Å². The first-order valence-corrected chi connectivity index (χ1v) is 11.1. The number of amides is 2. The Morgan fingerprint density at radius 3 is 2.68 bits per heavy atom. The van der Waals surface area contributed by atoms with E-state index in [4.69, 9.17) is 4.74 Å². The third kappa shape index (κ3) is 5.95. The quantitative estimate of drug-likeness (QED) is 0.780. The molecule has 0 aromatic carbocycles. The molecular formula is C23H35N5O3. The standard InChI is InChI=1S/C23H35N5O3/c1-15(2)13-28-20-18(12-25-28)10-19(11-24-20)21(29)26-16(3)17-8-7-9-27(14-17)22(30)31-23(4,5)6/h10-12,15-17H,7-9,13-14H2,1-6H3,(H,26,29)/t16-,17-/m0/s1. The monoisotopic (exact) mass is 429 g/mol. The number of hydrogen-bond acceptors (Lipinski definition) is 5. The molecule has 0 aliphatic carbocycles. The zero-order valence-electron chi connectivity index (χ0n) is 19.5. The van der Waals surface area contributed by atoms with E-state index < -0.39 is 5.60 Å². The van der Waals surface area contributed by atoms with E-state index in [-0.39, 0.29) is 24.0 Å². The molecule has 1 fully saturated rings. The lowest BCUT2D eigenvalue weighted by Gasteiger charge is -2.36. The number of rotatable bonds is 5. The van der Waals surface area contributed by atoms with Crippen molar-refractivity contribution in [3.05, 3.63) is 24.0 Å². The van der Waals surface area contributed by atoms with Gasteiger partial charge in [-0.3, -0.25) is 4.79 Å². The van der Waals surface area contributed by atoms with Crippen molar-refractivity contribution < 1.29 is 14.3 Å². The van der Waals surface area contributed by atoms with Crippen LogP contribution in [-0.4, -0.2) is 56.4 Å². The lowest BCUT2D eigenvalue weighted by atomic mass is 9.91. The van der Waals surface area contributed by atoms with Crippen LogP contribution >= 0.6 is 0 Å². The summed E-state index contributed by atoms with van der Waals surface area (Å²) in [6.07, 6.45) is 4.93. The van der Waals surface area contributed by atoms with Crippen LogP contribution in [0.25, 0.3) is 11.0 Å². The fourth-order valence-corrected chi connectivity index (χ4v) is 3.89. The van der Waals surface area contributed by atoms with E-state index in [1.807, 2.05) is 38.4 Å². The Bertz CT molecular complexity index is 931. The minimum absolute atomic E-state index is 0.0721. The number of fused-ring (bicyclic) bond motifs is 1. The van der Waals surface area contributed by atoms with Gasteiger partial charge in [0.2, 0.25) is 0 Å². The Labute approximate surface area is 184 Å². The van der Waals surface area contributed by atoms with Crippen molar-refractivity contribution in [1.29, 1.82) is 0 Å². The number of ether oxygens (including phenoxy) is 1. The van der Waals surface area contributed by atoms with Gasteiger partial charge >= 0.3 is 6.09 Å². The van der Waals surface area contributed by atoms with Gasteiger partial charge in [0, 0.05) is 37.3 Å². The summed E-state index contributed by atoms with van der Waals surface area (Å²) < 4.78 is 7.38. The smallest absolute Gasteiger partial charge is 0.410 e. The van der Waals surface area contributed by atoms with Gasteiger partial charge in [-0.2, -0.15) is 5.10 Å². The van der Waals surface area contributed by atoms with Crippen LogP contribution in [0.4, 0.5) is 4.79 Å². The molecule has 2 aromatic heterocycles. The maximum atomic E-state index is 12.8. The average Bonchev–Trinajstić information content (AvgIpc) is 3.08. The fraction of sp³-hybridized carbons (Fsp3) is 0.652. The number of likely N-dealkylation sites (tertiary alicyclic amines) is 1. The van der Waals surface area contributed by atoms with Gasteiger partial charge in [0.1, 0.15) is 5.60 Å². The van der Waals surface area contributed by atoms with Gasteiger partial charge in [0.25, 0.3) is 5.91 Å². The van der Waals surface area contributed by atoms with Crippen molar-refractivity contribution in [1.82, 2.24) is 25.0 Å². The molecule has 1 saturated heterocycles. The van der Waals surface area contributed by atoms with Crippen LogP contribution in [0.15, 0.2) is 18.5 Å². The topological polar surface area (TPSA) is 89.4 Å². The Morgan fingerprint density at radius 2 is 2.00 bits per heavy atom. The van der Waals surface area contributed by atoms with Crippen LogP contribution in [-0.2, 0) is 11.3 Å². The second kappa shape index (κ2) is 9.24. The fourth-order valence-electron chi connectivity index (χ4n) is 3.89. The van der Waals surface area contributed by atoms with Gasteiger partial charge in [-0.05, 0) is 58.4 Å². The molecule has 3 heterocycles. The molecule has 170 valence electrons. The van der Waals surface area contributed by atoms with Gasteiger partial charge in [-0.1, -0.05) is 13.8 Å². The van der Waals surface area contributed by atoms with Crippen molar-refractivity contribution in [2.45, 2.75) is 72.6 Å². The summed E-state index contributed by atoms with van der Waals surface area (Å²) in [5.41, 5.74) is 0.792. The Kier molecular flexibility index (Phi) is 6.86. The summed E-state index contributed by atoms with van der Waals surface area (Å²) in [5.74, 6) is 0.480. The zero-order chi connectivity index (χ0) is 22.8. The molecule has 2 amide bonds. The minimum atomic E-state index is -0.515. The highest BCUT2D eigenvalue weighted by atomic mass is 16.6. The predicted molar refractivity (Wildman–Crippen MR) is 120 cm³/mol. The number of nitrogens with one attached hydrogen (secondary N) is 1. The van der Waals surface area contributed by atoms with Gasteiger partial charge in [-0.25, -0.2) is 14.5 Å². The molecule has 1 aliphatic rings. The molecule has 2 atom stereocenters. The summed E-state index contributed by atoms with van der Waals surface area (Å²) in [6, 6.07) is 1.76. The normalized spacial score (nSPS) is 18.3. The predicted octanol–water partition coefficient (Wildman–Crippen LogP) is 3.85. The number of carbonyl (C=O) groups is 2. The summed E-state index contributed by atoms with van der Waals surface area (Å²) in [6.45, 7) is 13.9. The number of hydrogen-bond donors (Lipinski definition) is 1. The van der Waals surface area contributed by atoms with Crippen LogP contribution in [0.3, 0.4) is 0 Å². The van der Waals surface area contributed by atoms with Crippen molar-refractivity contribution in [3.63, 3.8) is 0 Å². The maximum Gasteiger partial charge on any atom is 0.410 e. The van der Waals surface area contributed by atoms with Crippen molar-refractivity contribution in [2.75, 3.05) is 13.1 Å². The number of piperidine rings is 1. The second-order valence-corrected chi connectivity index (χ2v) is 9.95. The molecule has 0 bridgehead atoms. The highest BCUT2D eigenvalue weighted by Crippen LogP contribution is 2.22. The SMILES string of the molecule is CC(C)Cn1ncc2cc(C(=O)N[C@@H](C)[C@H]3CCCN(C(=O)OC(C)(C)C)C3)cnc21. The molecule has 0 unspecified atom stereocenters. The molecule has 1 aliphatic heterocycles. The first-order valence-electron chi connectivity index (χ1n) is 11.1. The molecule has 8 nitrogen and oxygen atoms in total. The van der Waals surface area contributed by atoms with E-state index in [1.165, 1.54) is 0 Å². The number of pyridine rings is 1. The molecule has 3 rings (SSSR count). The molecular weight excluding hydrogens is 394 g/mol. The Hall–Kier alpha value is -2.64. The molecule has 8 heteroatoms. The highest BCUT2D eigenvalue weighted by molar-refractivity contribution is 5.97. The second-order valence-electron chi connectivity index (χ2n) is 9.95. The number of carbonyl (C=O) groups excluding carboxylic acids is 2. The van der Waals surface area contributed by atoms with Crippen molar-refractivity contribution in [2.24, 2.45) is 11.8 Å². The summed E-state index contributed by atoms with van der Waals surface area (Å²) in [5, 5.41) is 8.34. The zero-order valence-corrected chi connectivity index (χ0v) is 19.5. The lowest BCUT2D eigenvalue weighted by molar-refractivity contribution is 0.0150. The van der Waals surface area contributed by atoms with Crippen molar-refractivity contribution >= 4 is 23.0 Å². The van der Waals surface area contributed by atoms with Crippen LogP contribution in [0.5, 0.6) is 0 Å². The first kappa shape index (κ1) is 23.0. The van der Waals surface area contributed by atoms with E-state index in [1.54, 1.807) is 17.3 Å². The van der Waals surface area contributed by atoms with E-state index in [0.29, 0.717) is 24.6 Å². The summed E-state index contributed by atoms with van der Waals surface area (Å²) in [7, 11) is 0. The maximum absolute atomic E-state index is 12.8. The van der Waals surface area contributed by atoms with Crippen molar-refractivity contribution in [3.8, 4) is 0 Å². The Balaban J connectivity index is 1.62. The largest absolute Gasteiger partial charge is 0.444 e. The summed E-state index contributed by atoms with van der Waals surface area (Å²) >= 11 is 0. The molecule has 31 heavy (non-hydrogen) atoms. The Morgan fingerprint density at radius 1 is 1.26 bits per heavy atom. The third-order valence-corrected chi connectivity index (χ3v) is 5.45. The number of nitrogens with zero attached hydrogens (tertiary/aromatic N) is 4. The molecule has 2 aromatic rings. The van der Waals surface area contributed by atoms with E-state index in [2.05, 4.69) is 29.2 Å². The lowest BCUT2D eigenvalue weighted by Crippen LogP contribution is -2.49. The molecule has 0 spiro atoms. The van der Waals surface area contributed by atoms with Gasteiger partial charge in [0.05, 0.1) is 11.8 Å². The average molecular weight is 430 g/mol. The van der Waals surface area contributed by atoms with Gasteiger partial charge in [-0.15, -0.1) is 0 Å². The highest BCUT2D eigenvalue weighted by Gasteiger charge is 2.31. The van der Waals surface area contributed by atoms with Gasteiger partial charge in [0.15, 0.2) is 5.65 Å². The summed E-state index contributed by atoms with van der Waals surface area (Å²) in [4.78, 5) is 31.5. The van der Waals surface area contributed by atoms with E-state index >= 15 is 0 Å². The minimum Gasteiger partial charge on any atom is -0.444 e. The van der Waals surface area contributed by atoms with Crippen LogP contribution in [0.1, 0.15) is 64.7 Å². The molecule has 0 saturated carbocycles. The van der Waals surface area contributed by atoms with Gasteiger partial charge < -0.3 is 15.0 Å².